The second-order valence-electron chi connectivity index (χ2n) is 5.20. The number of phenols is 1. The van der Waals surface area contributed by atoms with E-state index in [-0.39, 0.29) is 34.3 Å². The van der Waals surface area contributed by atoms with Crippen LogP contribution in [-0.2, 0) is 0 Å². The Morgan fingerprint density at radius 3 is 2.28 bits per heavy atom. The number of nitro benzene ring substituents is 1. The number of hydrogen-bond acceptors (Lipinski definition) is 5. The quantitative estimate of drug-likeness (QED) is 0.426. The predicted molar refractivity (Wildman–Crippen MR) is 91.2 cm³/mol. The SMILES string of the molecule is O=C(c1ccccc1)c1ccc([N+](=O)[O-])cc1Oc1ccccc1O. The van der Waals surface area contributed by atoms with Gasteiger partial charge in [-0.25, -0.2) is 0 Å². The molecule has 0 amide bonds. The van der Waals surface area contributed by atoms with Crippen LogP contribution in [0.1, 0.15) is 15.9 Å². The molecular weight excluding hydrogens is 322 g/mol. The van der Waals surface area contributed by atoms with Gasteiger partial charge in [-0.05, 0) is 18.2 Å². The maximum atomic E-state index is 12.7. The van der Waals surface area contributed by atoms with E-state index in [0.29, 0.717) is 5.56 Å². The first-order chi connectivity index (χ1) is 12.1. The monoisotopic (exact) mass is 335 g/mol. The van der Waals surface area contributed by atoms with Crippen LogP contribution in [0.15, 0.2) is 72.8 Å². The standard InChI is InChI=1S/C19H13NO5/c21-16-8-4-5-9-17(16)25-18-12-14(20(23)24)10-11-15(18)19(22)13-6-2-1-3-7-13/h1-12,21H. The van der Waals surface area contributed by atoms with Crippen LogP contribution in [0, 0.1) is 10.1 Å². The van der Waals surface area contributed by atoms with Crippen LogP contribution in [0.2, 0.25) is 0 Å². The molecule has 0 spiro atoms. The number of nitro groups is 1. The summed E-state index contributed by atoms with van der Waals surface area (Å²) in [6.45, 7) is 0. The van der Waals surface area contributed by atoms with E-state index in [1.54, 1.807) is 42.5 Å². The lowest BCUT2D eigenvalue weighted by atomic mass is 10.0. The zero-order chi connectivity index (χ0) is 17.8. The lowest BCUT2D eigenvalue weighted by molar-refractivity contribution is -0.384. The van der Waals surface area contributed by atoms with Crippen molar-refractivity contribution in [3.8, 4) is 17.2 Å². The van der Waals surface area contributed by atoms with E-state index in [9.17, 15) is 20.0 Å². The third-order valence-electron chi connectivity index (χ3n) is 3.54. The van der Waals surface area contributed by atoms with Gasteiger partial charge in [0.2, 0.25) is 0 Å². The van der Waals surface area contributed by atoms with Crippen molar-refractivity contribution in [3.05, 3.63) is 94.0 Å². The number of nitrogens with zero attached hydrogens (tertiary/aromatic N) is 1. The minimum absolute atomic E-state index is 0.00422. The second-order valence-corrected chi connectivity index (χ2v) is 5.20. The first-order valence-electron chi connectivity index (χ1n) is 7.40. The molecule has 3 aromatic carbocycles. The Morgan fingerprint density at radius 1 is 0.920 bits per heavy atom. The first kappa shape index (κ1) is 16.2. The highest BCUT2D eigenvalue weighted by molar-refractivity contribution is 6.10. The number of ether oxygens (including phenoxy) is 1. The molecule has 0 bridgehead atoms. The van der Waals surface area contributed by atoms with Crippen LogP contribution in [0.3, 0.4) is 0 Å². The van der Waals surface area contributed by atoms with Crippen molar-refractivity contribution in [1.82, 2.24) is 0 Å². The van der Waals surface area contributed by atoms with Crippen molar-refractivity contribution in [3.63, 3.8) is 0 Å². The molecule has 0 aromatic heterocycles. The average Bonchev–Trinajstić information content (AvgIpc) is 2.63. The minimum Gasteiger partial charge on any atom is -0.504 e. The molecule has 3 rings (SSSR count). The molecule has 0 unspecified atom stereocenters. The summed E-state index contributed by atoms with van der Waals surface area (Å²) in [6.07, 6.45) is 0. The third-order valence-corrected chi connectivity index (χ3v) is 3.54. The molecule has 0 radical (unpaired) electrons. The molecule has 0 fully saturated rings. The van der Waals surface area contributed by atoms with E-state index in [4.69, 9.17) is 4.74 Å². The van der Waals surface area contributed by atoms with Gasteiger partial charge in [-0.2, -0.15) is 0 Å². The van der Waals surface area contributed by atoms with Crippen LogP contribution in [-0.4, -0.2) is 15.8 Å². The van der Waals surface area contributed by atoms with E-state index in [1.165, 1.54) is 30.3 Å². The summed E-state index contributed by atoms with van der Waals surface area (Å²) in [5, 5.41) is 20.9. The van der Waals surface area contributed by atoms with Crippen molar-refractivity contribution in [2.75, 3.05) is 0 Å². The largest absolute Gasteiger partial charge is 0.504 e. The Kier molecular flexibility index (Phi) is 4.43. The maximum absolute atomic E-state index is 12.7. The normalized spacial score (nSPS) is 10.2. The van der Waals surface area contributed by atoms with E-state index >= 15 is 0 Å². The number of para-hydroxylation sites is 2. The number of ketones is 1. The Hall–Kier alpha value is -3.67. The Bertz CT molecular complexity index is 938. The predicted octanol–water partition coefficient (Wildman–Crippen LogP) is 4.32. The molecule has 1 N–H and O–H groups in total. The number of hydrogen-bond donors (Lipinski definition) is 1. The van der Waals surface area contributed by atoms with Gasteiger partial charge in [-0.3, -0.25) is 14.9 Å². The van der Waals surface area contributed by atoms with Crippen LogP contribution in [0.25, 0.3) is 0 Å². The molecule has 0 saturated heterocycles. The maximum Gasteiger partial charge on any atom is 0.273 e. The van der Waals surface area contributed by atoms with Gasteiger partial charge in [0.05, 0.1) is 16.6 Å². The molecule has 6 heteroatoms. The van der Waals surface area contributed by atoms with Crippen molar-refractivity contribution in [2.45, 2.75) is 0 Å². The molecule has 6 nitrogen and oxygen atoms in total. The number of carbonyl (C=O) groups is 1. The number of non-ortho nitro benzene ring substituents is 1. The Morgan fingerprint density at radius 2 is 1.60 bits per heavy atom. The molecule has 0 heterocycles. The molecule has 0 aliphatic heterocycles. The summed E-state index contributed by atoms with van der Waals surface area (Å²) in [6, 6.07) is 18.5. The molecule has 0 saturated carbocycles. The first-order valence-corrected chi connectivity index (χ1v) is 7.40. The van der Waals surface area contributed by atoms with Gasteiger partial charge in [-0.1, -0.05) is 42.5 Å². The summed E-state index contributed by atoms with van der Waals surface area (Å²) in [7, 11) is 0. The zero-order valence-corrected chi connectivity index (χ0v) is 13.0. The number of rotatable bonds is 5. The molecule has 124 valence electrons. The van der Waals surface area contributed by atoms with Crippen LogP contribution < -0.4 is 4.74 Å². The average molecular weight is 335 g/mol. The van der Waals surface area contributed by atoms with Gasteiger partial charge in [0.25, 0.3) is 5.69 Å². The highest BCUT2D eigenvalue weighted by Crippen LogP contribution is 2.34. The topological polar surface area (TPSA) is 89.7 Å². The fourth-order valence-corrected chi connectivity index (χ4v) is 2.30. The van der Waals surface area contributed by atoms with Crippen LogP contribution >= 0.6 is 0 Å². The lowest BCUT2D eigenvalue weighted by Crippen LogP contribution is -2.04. The van der Waals surface area contributed by atoms with E-state index in [1.807, 2.05) is 0 Å². The number of aromatic hydroxyl groups is 1. The van der Waals surface area contributed by atoms with Crippen molar-refractivity contribution in [1.29, 1.82) is 0 Å². The van der Waals surface area contributed by atoms with Crippen LogP contribution in [0.4, 0.5) is 5.69 Å². The number of carbonyl (C=O) groups excluding carboxylic acids is 1. The third kappa shape index (κ3) is 3.48. The van der Waals surface area contributed by atoms with Gasteiger partial charge in [0.1, 0.15) is 5.75 Å². The van der Waals surface area contributed by atoms with Crippen molar-refractivity contribution >= 4 is 11.5 Å². The fourth-order valence-electron chi connectivity index (χ4n) is 2.30. The summed E-state index contributed by atoms with van der Waals surface area (Å²) in [4.78, 5) is 23.2. The second kappa shape index (κ2) is 6.84. The molecule has 0 aliphatic rings. The number of benzene rings is 3. The molecule has 25 heavy (non-hydrogen) atoms. The van der Waals surface area contributed by atoms with Gasteiger partial charge < -0.3 is 9.84 Å². The smallest absolute Gasteiger partial charge is 0.273 e. The Labute approximate surface area is 143 Å². The van der Waals surface area contributed by atoms with E-state index in [2.05, 4.69) is 0 Å². The van der Waals surface area contributed by atoms with Gasteiger partial charge in [-0.15, -0.1) is 0 Å². The number of phenolic OH excluding ortho intramolecular Hbond substituents is 1. The zero-order valence-electron chi connectivity index (χ0n) is 13.0. The highest BCUT2D eigenvalue weighted by atomic mass is 16.6. The summed E-state index contributed by atoms with van der Waals surface area (Å²) >= 11 is 0. The van der Waals surface area contributed by atoms with Gasteiger partial charge >= 0.3 is 0 Å². The summed E-state index contributed by atoms with van der Waals surface area (Å²) in [5.74, 6) is -0.359. The van der Waals surface area contributed by atoms with Crippen LogP contribution in [0.5, 0.6) is 17.2 Å². The highest BCUT2D eigenvalue weighted by Gasteiger charge is 2.20. The molecule has 0 aliphatic carbocycles. The van der Waals surface area contributed by atoms with E-state index in [0.717, 1.165) is 0 Å². The molecule has 0 atom stereocenters. The van der Waals surface area contributed by atoms with E-state index < -0.39 is 4.92 Å². The van der Waals surface area contributed by atoms with Crippen molar-refractivity contribution in [2.24, 2.45) is 0 Å². The van der Waals surface area contributed by atoms with Crippen molar-refractivity contribution < 1.29 is 19.6 Å². The van der Waals surface area contributed by atoms with Gasteiger partial charge in [0, 0.05) is 11.6 Å². The summed E-state index contributed by atoms with van der Waals surface area (Å²) in [5.41, 5.74) is 0.383. The summed E-state index contributed by atoms with van der Waals surface area (Å²) < 4.78 is 5.60. The lowest BCUT2D eigenvalue weighted by Gasteiger charge is -2.11. The molecule has 3 aromatic rings. The minimum atomic E-state index is -0.575. The Balaban J connectivity index is 2.07. The fraction of sp³-hybridized carbons (Fsp3) is 0. The van der Waals surface area contributed by atoms with Gasteiger partial charge in [0.15, 0.2) is 17.3 Å². The molecular formula is C19H13NO5.